The number of carbonyl (C=O) groups excluding carboxylic acids is 2. The standard InChI is InChI=1S/C23H17N7O5S2/c1-35-29-16(15-10-37-23(26)27-15)19(31)28-17-20(32)30-18(22(33)34)13(9-36-21(17)30)5-4-12-3-2-11(7-24)6-14(12)8-25/h2-6,10,17,21H,9H2,1H3,(H2,26,27)(H,28,31)(H,33,34)/b5-4+,29-16+. The van der Waals surface area contributed by atoms with Gasteiger partial charge < -0.3 is 21.0 Å². The number of nitrogens with two attached hydrogens (primary N) is 1. The van der Waals surface area contributed by atoms with Crippen LogP contribution in [0.3, 0.4) is 0 Å². The third-order valence-electron chi connectivity index (χ3n) is 5.42. The second kappa shape index (κ2) is 10.5. The average Bonchev–Trinajstić information content (AvgIpc) is 3.33. The Balaban J connectivity index is 1.56. The lowest BCUT2D eigenvalue weighted by Crippen LogP contribution is -2.71. The molecule has 1 aromatic carbocycles. The molecule has 0 saturated carbocycles. The Kier molecular flexibility index (Phi) is 7.24. The number of hydrogen-bond acceptors (Lipinski definition) is 11. The van der Waals surface area contributed by atoms with Crippen LogP contribution in [0.5, 0.6) is 0 Å². The number of nitrogens with one attached hydrogen (secondary N) is 1. The van der Waals surface area contributed by atoms with Crippen molar-refractivity contribution in [2.45, 2.75) is 11.4 Å². The molecule has 4 N–H and O–H groups in total. The van der Waals surface area contributed by atoms with E-state index >= 15 is 0 Å². The maximum absolute atomic E-state index is 13.0. The van der Waals surface area contributed by atoms with Gasteiger partial charge in [0, 0.05) is 11.1 Å². The number of nitriles is 2. The molecule has 0 spiro atoms. The number of fused-ring (bicyclic) bond motifs is 1. The summed E-state index contributed by atoms with van der Waals surface area (Å²) in [5.74, 6) is -2.39. The van der Waals surface area contributed by atoms with E-state index in [1.54, 1.807) is 18.2 Å². The fourth-order valence-electron chi connectivity index (χ4n) is 3.73. The normalized spacial score (nSPS) is 19.1. The van der Waals surface area contributed by atoms with Gasteiger partial charge in [0.15, 0.2) is 10.8 Å². The SMILES string of the molecule is CO/N=C(/C(=O)NC1C(=O)N2C(C(=O)O)=C(/C=C/c3ccc(C#N)cc3C#N)CSC12)c1csc(N)n1. The molecule has 2 unspecified atom stereocenters. The van der Waals surface area contributed by atoms with Gasteiger partial charge in [-0.3, -0.25) is 14.5 Å². The number of nitrogens with zero attached hydrogens (tertiary/aromatic N) is 5. The second-order valence-electron chi connectivity index (χ2n) is 7.59. The highest BCUT2D eigenvalue weighted by atomic mass is 32.2. The van der Waals surface area contributed by atoms with Crippen LogP contribution in [-0.2, 0) is 19.2 Å². The lowest BCUT2D eigenvalue weighted by molar-refractivity contribution is -0.150. The van der Waals surface area contributed by atoms with Gasteiger partial charge >= 0.3 is 5.97 Å². The number of benzene rings is 1. The van der Waals surface area contributed by atoms with Gasteiger partial charge in [0.2, 0.25) is 0 Å². The molecule has 1 fully saturated rings. The van der Waals surface area contributed by atoms with Crippen molar-refractivity contribution in [3.8, 4) is 12.1 Å². The summed E-state index contributed by atoms with van der Waals surface area (Å²) >= 11 is 2.38. The van der Waals surface area contributed by atoms with Crippen molar-refractivity contribution in [2.75, 3.05) is 18.6 Å². The van der Waals surface area contributed by atoms with E-state index in [2.05, 4.69) is 15.5 Å². The van der Waals surface area contributed by atoms with Crippen LogP contribution in [-0.4, -0.2) is 62.8 Å². The fraction of sp³-hybridized carbons (Fsp3) is 0.174. The Morgan fingerprint density at radius 2 is 2.14 bits per heavy atom. The van der Waals surface area contributed by atoms with E-state index < -0.39 is 29.2 Å². The first-order valence-electron chi connectivity index (χ1n) is 10.5. The number of allylic oxidation sites excluding steroid dienone is 1. The van der Waals surface area contributed by atoms with Crippen LogP contribution in [0.2, 0.25) is 0 Å². The minimum Gasteiger partial charge on any atom is -0.477 e. The van der Waals surface area contributed by atoms with Crippen molar-refractivity contribution < 1.29 is 24.3 Å². The maximum atomic E-state index is 13.0. The molecule has 2 aliphatic heterocycles. The summed E-state index contributed by atoms with van der Waals surface area (Å²) in [4.78, 5) is 47.8. The lowest BCUT2D eigenvalue weighted by Gasteiger charge is -2.49. The van der Waals surface area contributed by atoms with Crippen molar-refractivity contribution >= 4 is 57.8 Å². The summed E-state index contributed by atoms with van der Waals surface area (Å²) < 4.78 is 0. The predicted molar refractivity (Wildman–Crippen MR) is 135 cm³/mol. The number of β-lactam (4-membered cyclic amide) rings is 1. The quantitative estimate of drug-likeness (QED) is 0.264. The van der Waals surface area contributed by atoms with Crippen LogP contribution < -0.4 is 11.1 Å². The third-order valence-corrected chi connectivity index (χ3v) is 7.39. The summed E-state index contributed by atoms with van der Waals surface area (Å²) in [5, 5.41) is 35.6. The highest BCUT2D eigenvalue weighted by Gasteiger charge is 2.54. The average molecular weight is 536 g/mol. The minimum absolute atomic E-state index is 0.171. The summed E-state index contributed by atoms with van der Waals surface area (Å²) in [7, 11) is 1.26. The molecule has 12 nitrogen and oxygen atoms in total. The molecule has 1 saturated heterocycles. The molecule has 0 aliphatic carbocycles. The first kappa shape index (κ1) is 25.4. The second-order valence-corrected chi connectivity index (χ2v) is 9.59. The van der Waals surface area contributed by atoms with Gasteiger partial charge in [0.25, 0.3) is 11.8 Å². The van der Waals surface area contributed by atoms with Crippen LogP contribution >= 0.6 is 23.1 Å². The van der Waals surface area contributed by atoms with Gasteiger partial charge in [-0.2, -0.15) is 10.5 Å². The molecular formula is C23H17N7O5S2. The molecule has 2 aliphatic rings. The summed E-state index contributed by atoms with van der Waals surface area (Å²) in [6.45, 7) is 0. The Morgan fingerprint density at radius 1 is 1.35 bits per heavy atom. The van der Waals surface area contributed by atoms with E-state index in [9.17, 15) is 24.8 Å². The molecule has 3 heterocycles. The number of anilines is 1. The summed E-state index contributed by atoms with van der Waals surface area (Å²) in [6.07, 6.45) is 3.10. The first-order chi connectivity index (χ1) is 17.8. The number of amides is 2. The van der Waals surface area contributed by atoms with Crippen molar-refractivity contribution in [2.24, 2.45) is 5.16 Å². The molecule has 4 rings (SSSR count). The number of rotatable bonds is 7. The number of aliphatic carboxylic acids is 1. The monoisotopic (exact) mass is 535 g/mol. The van der Waals surface area contributed by atoms with Crippen LogP contribution in [0, 0.1) is 22.7 Å². The molecule has 1 aromatic heterocycles. The summed E-state index contributed by atoms with van der Waals surface area (Å²) in [6, 6.07) is 7.55. The smallest absolute Gasteiger partial charge is 0.352 e. The van der Waals surface area contributed by atoms with Gasteiger partial charge in [0.05, 0.1) is 23.3 Å². The topological polar surface area (TPSA) is 195 Å². The van der Waals surface area contributed by atoms with Crippen LogP contribution in [0.25, 0.3) is 6.08 Å². The maximum Gasteiger partial charge on any atom is 0.352 e. The number of nitrogen functional groups attached to an aromatic ring is 1. The first-order valence-corrected chi connectivity index (χ1v) is 12.4. The van der Waals surface area contributed by atoms with Gasteiger partial charge in [0.1, 0.15) is 29.9 Å². The van der Waals surface area contributed by atoms with E-state index in [-0.39, 0.29) is 33.6 Å². The molecule has 2 atom stereocenters. The summed E-state index contributed by atoms with van der Waals surface area (Å²) in [5.41, 5.74) is 6.87. The molecule has 2 amide bonds. The van der Waals surface area contributed by atoms with E-state index in [4.69, 9.17) is 15.8 Å². The number of oxime groups is 1. The van der Waals surface area contributed by atoms with Crippen LogP contribution in [0.1, 0.15) is 22.4 Å². The van der Waals surface area contributed by atoms with Crippen LogP contribution in [0.4, 0.5) is 5.13 Å². The number of hydrogen-bond donors (Lipinski definition) is 3. The van der Waals surface area contributed by atoms with Gasteiger partial charge in [-0.15, -0.1) is 23.1 Å². The molecule has 0 radical (unpaired) electrons. The van der Waals surface area contributed by atoms with Crippen molar-refractivity contribution in [3.63, 3.8) is 0 Å². The van der Waals surface area contributed by atoms with Crippen molar-refractivity contribution in [1.82, 2.24) is 15.2 Å². The third kappa shape index (κ3) is 4.88. The van der Waals surface area contributed by atoms with Gasteiger partial charge in [-0.1, -0.05) is 23.4 Å². The molecular weight excluding hydrogens is 518 g/mol. The Bertz CT molecular complexity index is 1480. The zero-order chi connectivity index (χ0) is 26.7. The number of thioether (sulfide) groups is 1. The highest BCUT2D eigenvalue weighted by molar-refractivity contribution is 8.00. The highest BCUT2D eigenvalue weighted by Crippen LogP contribution is 2.41. The molecule has 186 valence electrons. The molecule has 0 bridgehead atoms. The van der Waals surface area contributed by atoms with Gasteiger partial charge in [-0.25, -0.2) is 9.78 Å². The number of carbonyl (C=O) groups is 3. The van der Waals surface area contributed by atoms with Crippen molar-refractivity contribution in [1.29, 1.82) is 10.5 Å². The van der Waals surface area contributed by atoms with Crippen molar-refractivity contribution in [3.05, 3.63) is 63.3 Å². The fourth-order valence-corrected chi connectivity index (χ4v) is 5.60. The zero-order valence-electron chi connectivity index (χ0n) is 19.0. The largest absolute Gasteiger partial charge is 0.477 e. The van der Waals surface area contributed by atoms with Crippen LogP contribution in [0.15, 0.2) is 46.1 Å². The van der Waals surface area contributed by atoms with Gasteiger partial charge in [-0.05, 0) is 23.3 Å². The number of aromatic nitrogens is 1. The number of carboxylic acids is 1. The number of carboxylic acid groups (broad SMARTS) is 1. The molecule has 2 aromatic rings. The minimum atomic E-state index is -1.30. The van der Waals surface area contributed by atoms with E-state index in [1.165, 1.54) is 36.4 Å². The predicted octanol–water partition coefficient (Wildman–Crippen LogP) is 1.27. The van der Waals surface area contributed by atoms with E-state index in [0.717, 1.165) is 16.2 Å². The van der Waals surface area contributed by atoms with E-state index in [0.29, 0.717) is 16.7 Å². The Labute approximate surface area is 218 Å². The molecule has 14 heteroatoms. The number of thiazole rings is 1. The zero-order valence-corrected chi connectivity index (χ0v) is 20.7. The Morgan fingerprint density at radius 3 is 2.76 bits per heavy atom. The van der Waals surface area contributed by atoms with E-state index in [1.807, 2.05) is 12.1 Å². The molecule has 37 heavy (non-hydrogen) atoms. The lowest BCUT2D eigenvalue weighted by atomic mass is 10.0. The Hall–Kier alpha value is -4.66.